The maximum atomic E-state index is 12.0. The fourth-order valence-corrected chi connectivity index (χ4v) is 2.71. The first kappa shape index (κ1) is 12.1. The Labute approximate surface area is 104 Å². The summed E-state index contributed by atoms with van der Waals surface area (Å²) in [5.74, 6) is 4.96. The molecule has 1 saturated heterocycles. The topological polar surface area (TPSA) is 75.4 Å². The number of thiophene rings is 1. The van der Waals surface area contributed by atoms with Crippen molar-refractivity contribution in [2.45, 2.75) is 12.8 Å². The van der Waals surface area contributed by atoms with Crippen molar-refractivity contribution in [3.05, 3.63) is 22.4 Å². The number of hydrogen-bond donors (Lipinski definition) is 2. The van der Waals surface area contributed by atoms with E-state index in [0.717, 1.165) is 4.88 Å². The number of hydrogen-bond acceptors (Lipinski definition) is 4. The van der Waals surface area contributed by atoms with E-state index in [2.05, 4.69) is 5.43 Å². The van der Waals surface area contributed by atoms with Crippen LogP contribution in [0.4, 0.5) is 0 Å². The normalized spacial score (nSPS) is 16.9. The van der Waals surface area contributed by atoms with Gasteiger partial charge in [-0.3, -0.25) is 15.0 Å². The van der Waals surface area contributed by atoms with Crippen LogP contribution in [0.3, 0.4) is 0 Å². The maximum Gasteiger partial charge on any atom is 0.263 e. The van der Waals surface area contributed by atoms with Crippen molar-refractivity contribution in [1.29, 1.82) is 0 Å². The summed E-state index contributed by atoms with van der Waals surface area (Å²) in [4.78, 5) is 25.9. The van der Waals surface area contributed by atoms with E-state index < -0.39 is 0 Å². The lowest BCUT2D eigenvalue weighted by Crippen LogP contribution is -2.44. The lowest BCUT2D eigenvalue weighted by molar-refractivity contribution is -0.126. The van der Waals surface area contributed by atoms with Crippen molar-refractivity contribution in [1.82, 2.24) is 10.3 Å². The molecule has 0 radical (unpaired) electrons. The van der Waals surface area contributed by atoms with Crippen molar-refractivity contribution in [3.8, 4) is 0 Å². The third kappa shape index (κ3) is 2.65. The minimum absolute atomic E-state index is 0.0617. The van der Waals surface area contributed by atoms with Gasteiger partial charge in [0.05, 0.1) is 4.88 Å². The zero-order valence-electron chi connectivity index (χ0n) is 9.39. The molecule has 0 saturated carbocycles. The lowest BCUT2D eigenvalue weighted by atomic mass is 9.96. The van der Waals surface area contributed by atoms with Gasteiger partial charge in [-0.1, -0.05) is 6.07 Å². The smallest absolute Gasteiger partial charge is 0.263 e. The zero-order chi connectivity index (χ0) is 12.3. The van der Waals surface area contributed by atoms with Gasteiger partial charge in [-0.2, -0.15) is 0 Å². The van der Waals surface area contributed by atoms with Crippen LogP contribution in [-0.2, 0) is 4.79 Å². The van der Waals surface area contributed by atoms with Crippen molar-refractivity contribution < 1.29 is 9.59 Å². The van der Waals surface area contributed by atoms with E-state index in [4.69, 9.17) is 5.84 Å². The number of amides is 2. The molecule has 1 fully saturated rings. The van der Waals surface area contributed by atoms with E-state index >= 15 is 0 Å². The lowest BCUT2D eigenvalue weighted by Gasteiger charge is -2.30. The van der Waals surface area contributed by atoms with E-state index in [9.17, 15) is 9.59 Å². The molecule has 2 amide bonds. The van der Waals surface area contributed by atoms with Gasteiger partial charge in [0, 0.05) is 19.0 Å². The molecule has 3 N–H and O–H groups in total. The fraction of sp³-hybridized carbons (Fsp3) is 0.455. The number of carbonyl (C=O) groups is 2. The largest absolute Gasteiger partial charge is 0.338 e. The third-order valence-corrected chi connectivity index (χ3v) is 3.89. The number of hydrazine groups is 1. The molecule has 1 aliphatic heterocycles. The van der Waals surface area contributed by atoms with Gasteiger partial charge in [-0.05, 0) is 24.3 Å². The molecule has 6 heteroatoms. The maximum absolute atomic E-state index is 12.0. The summed E-state index contributed by atoms with van der Waals surface area (Å²) in [5.41, 5.74) is 2.17. The first-order chi connectivity index (χ1) is 8.22. The van der Waals surface area contributed by atoms with Crippen LogP contribution >= 0.6 is 11.3 Å². The Kier molecular flexibility index (Phi) is 3.75. The highest BCUT2D eigenvalue weighted by Gasteiger charge is 2.27. The fourth-order valence-electron chi connectivity index (χ4n) is 2.02. The number of rotatable bonds is 2. The predicted molar refractivity (Wildman–Crippen MR) is 65.3 cm³/mol. The van der Waals surface area contributed by atoms with Gasteiger partial charge in [0.2, 0.25) is 5.91 Å². The highest BCUT2D eigenvalue weighted by molar-refractivity contribution is 7.12. The van der Waals surface area contributed by atoms with E-state index in [1.54, 1.807) is 4.90 Å². The molecule has 92 valence electrons. The Morgan fingerprint density at radius 1 is 1.41 bits per heavy atom. The van der Waals surface area contributed by atoms with Gasteiger partial charge < -0.3 is 4.90 Å². The molecule has 0 spiro atoms. The summed E-state index contributed by atoms with van der Waals surface area (Å²) in [5, 5.41) is 1.89. The molecular weight excluding hydrogens is 238 g/mol. The standard InChI is InChI=1S/C11H15N3O2S/c12-13-10(15)8-3-5-14(6-4-8)11(16)9-2-1-7-17-9/h1-2,7-8H,3-6,12H2,(H,13,15). The Morgan fingerprint density at radius 3 is 2.65 bits per heavy atom. The molecule has 0 aromatic carbocycles. The Balaban J connectivity index is 1.91. The Hall–Kier alpha value is -1.40. The predicted octanol–water partition coefficient (Wildman–Crippen LogP) is 0.590. The van der Waals surface area contributed by atoms with E-state index in [0.29, 0.717) is 25.9 Å². The zero-order valence-corrected chi connectivity index (χ0v) is 10.2. The first-order valence-electron chi connectivity index (χ1n) is 5.55. The number of nitrogens with zero attached hydrogens (tertiary/aromatic N) is 1. The second kappa shape index (κ2) is 5.29. The highest BCUT2D eigenvalue weighted by Crippen LogP contribution is 2.20. The summed E-state index contributed by atoms with van der Waals surface area (Å²) in [6.07, 6.45) is 1.36. The number of carbonyl (C=O) groups excluding carboxylic acids is 2. The van der Waals surface area contributed by atoms with Gasteiger partial charge in [0.25, 0.3) is 5.91 Å². The Bertz CT molecular complexity index is 397. The van der Waals surface area contributed by atoms with Crippen LogP contribution < -0.4 is 11.3 Å². The minimum atomic E-state index is -0.131. The van der Waals surface area contributed by atoms with Crippen molar-refractivity contribution in [2.24, 2.45) is 11.8 Å². The summed E-state index contributed by atoms with van der Waals surface area (Å²) in [6, 6.07) is 3.69. The SMILES string of the molecule is NNC(=O)C1CCN(C(=O)c2cccs2)CC1. The first-order valence-corrected chi connectivity index (χ1v) is 6.43. The van der Waals surface area contributed by atoms with E-state index in [-0.39, 0.29) is 17.7 Å². The van der Waals surface area contributed by atoms with Crippen molar-refractivity contribution in [2.75, 3.05) is 13.1 Å². The molecule has 0 atom stereocenters. The minimum Gasteiger partial charge on any atom is -0.338 e. The van der Waals surface area contributed by atoms with Gasteiger partial charge in [0.1, 0.15) is 0 Å². The van der Waals surface area contributed by atoms with E-state index in [1.165, 1.54) is 11.3 Å². The average molecular weight is 253 g/mol. The van der Waals surface area contributed by atoms with Crippen LogP contribution in [0.2, 0.25) is 0 Å². The Morgan fingerprint density at radius 2 is 2.12 bits per heavy atom. The molecule has 1 aromatic heterocycles. The molecule has 0 unspecified atom stereocenters. The summed E-state index contributed by atoms with van der Waals surface area (Å²) >= 11 is 1.45. The number of nitrogens with one attached hydrogen (secondary N) is 1. The quantitative estimate of drug-likeness (QED) is 0.460. The van der Waals surface area contributed by atoms with Crippen LogP contribution in [0.1, 0.15) is 22.5 Å². The molecule has 0 bridgehead atoms. The molecule has 0 aliphatic carbocycles. The molecule has 1 aliphatic rings. The van der Waals surface area contributed by atoms with Gasteiger partial charge >= 0.3 is 0 Å². The van der Waals surface area contributed by atoms with Crippen molar-refractivity contribution >= 4 is 23.2 Å². The van der Waals surface area contributed by atoms with Crippen LogP contribution in [0.25, 0.3) is 0 Å². The van der Waals surface area contributed by atoms with Crippen LogP contribution in [0.15, 0.2) is 17.5 Å². The second-order valence-corrected chi connectivity index (χ2v) is 5.00. The average Bonchev–Trinajstić information content (AvgIpc) is 2.91. The molecule has 2 rings (SSSR count). The third-order valence-electron chi connectivity index (χ3n) is 3.03. The van der Waals surface area contributed by atoms with Crippen LogP contribution in [0.5, 0.6) is 0 Å². The van der Waals surface area contributed by atoms with Crippen LogP contribution in [0, 0.1) is 5.92 Å². The van der Waals surface area contributed by atoms with Crippen molar-refractivity contribution in [3.63, 3.8) is 0 Å². The van der Waals surface area contributed by atoms with E-state index in [1.807, 2.05) is 17.5 Å². The summed E-state index contributed by atoms with van der Waals surface area (Å²) < 4.78 is 0. The van der Waals surface area contributed by atoms with Gasteiger partial charge in [0.15, 0.2) is 0 Å². The molecule has 5 nitrogen and oxygen atoms in total. The summed E-state index contributed by atoms with van der Waals surface area (Å²) in [6.45, 7) is 1.24. The number of likely N-dealkylation sites (tertiary alicyclic amines) is 1. The molecule has 1 aromatic rings. The second-order valence-electron chi connectivity index (χ2n) is 4.05. The van der Waals surface area contributed by atoms with Crippen LogP contribution in [-0.4, -0.2) is 29.8 Å². The molecule has 17 heavy (non-hydrogen) atoms. The molecular formula is C11H15N3O2S. The number of nitrogens with two attached hydrogens (primary N) is 1. The highest BCUT2D eigenvalue weighted by atomic mass is 32.1. The van der Waals surface area contributed by atoms with Gasteiger partial charge in [-0.15, -0.1) is 11.3 Å². The monoisotopic (exact) mass is 253 g/mol. The van der Waals surface area contributed by atoms with Gasteiger partial charge in [-0.25, -0.2) is 5.84 Å². The number of piperidine rings is 1. The summed E-state index contributed by atoms with van der Waals surface area (Å²) in [7, 11) is 0. The molecule has 2 heterocycles.